The third kappa shape index (κ3) is 4.22. The zero-order valence-electron chi connectivity index (χ0n) is 8.18. The Morgan fingerprint density at radius 3 is 2.53 bits per heavy atom. The van der Waals surface area contributed by atoms with Gasteiger partial charge in [-0.3, -0.25) is 0 Å². The fourth-order valence-corrected chi connectivity index (χ4v) is 1.20. The van der Waals surface area contributed by atoms with Crippen LogP contribution in [0.1, 0.15) is 12.8 Å². The smallest absolute Gasteiger partial charge is 0.329 e. The van der Waals surface area contributed by atoms with E-state index >= 15 is 0 Å². The van der Waals surface area contributed by atoms with Crippen molar-refractivity contribution in [2.24, 2.45) is 0 Å². The summed E-state index contributed by atoms with van der Waals surface area (Å²) in [5.41, 5.74) is 0. The van der Waals surface area contributed by atoms with Crippen molar-refractivity contribution < 1.29 is 18.0 Å². The van der Waals surface area contributed by atoms with Gasteiger partial charge in [0.1, 0.15) is 6.54 Å². The highest BCUT2D eigenvalue weighted by molar-refractivity contribution is 5.75. The summed E-state index contributed by atoms with van der Waals surface area (Å²) in [6.45, 7) is 2.46. The normalized spacial score (nSPS) is 15.9. The van der Waals surface area contributed by atoms with Gasteiger partial charge < -0.3 is 10.2 Å². The molecule has 0 radical (unpaired) electrons. The molecule has 0 spiro atoms. The van der Waals surface area contributed by atoms with Crippen molar-refractivity contribution in [3.05, 3.63) is 12.7 Å². The third-order valence-corrected chi connectivity index (χ3v) is 2.01. The van der Waals surface area contributed by atoms with Crippen molar-refractivity contribution in [3.8, 4) is 0 Å². The van der Waals surface area contributed by atoms with E-state index in [0.717, 1.165) is 12.8 Å². The van der Waals surface area contributed by atoms with Crippen molar-refractivity contribution in [1.82, 2.24) is 10.2 Å². The molecular formula is C9H13F3N2O. The quantitative estimate of drug-likeness (QED) is 0.724. The summed E-state index contributed by atoms with van der Waals surface area (Å²) in [6.07, 6.45) is -1.15. The number of hydrogen-bond acceptors (Lipinski definition) is 1. The van der Waals surface area contributed by atoms with Crippen LogP contribution in [0.2, 0.25) is 0 Å². The Labute approximate surface area is 85.9 Å². The molecule has 0 atom stereocenters. The highest BCUT2D eigenvalue weighted by Crippen LogP contribution is 2.26. The molecule has 86 valence electrons. The standard InChI is InChI=1S/C9H13F3N2O/c1-2-5-14(7-3-4-7)8(15)13-6-9(10,11)12/h2,7H,1,3-6H2,(H,13,15). The van der Waals surface area contributed by atoms with Crippen LogP contribution in [0.25, 0.3) is 0 Å². The summed E-state index contributed by atoms with van der Waals surface area (Å²) >= 11 is 0. The fraction of sp³-hybridized carbons (Fsp3) is 0.667. The Kier molecular flexibility index (Phi) is 3.60. The predicted octanol–water partition coefficient (Wildman–Crippen LogP) is 1.91. The van der Waals surface area contributed by atoms with E-state index < -0.39 is 18.8 Å². The number of carbonyl (C=O) groups is 1. The number of amides is 2. The van der Waals surface area contributed by atoms with Gasteiger partial charge in [-0.25, -0.2) is 4.79 Å². The first-order valence-corrected chi connectivity index (χ1v) is 4.66. The molecular weight excluding hydrogens is 209 g/mol. The van der Waals surface area contributed by atoms with Crippen LogP contribution in [0.15, 0.2) is 12.7 Å². The monoisotopic (exact) mass is 222 g/mol. The van der Waals surface area contributed by atoms with Gasteiger partial charge in [0.05, 0.1) is 0 Å². The Morgan fingerprint density at radius 2 is 2.13 bits per heavy atom. The van der Waals surface area contributed by atoms with Crippen molar-refractivity contribution >= 4 is 6.03 Å². The Morgan fingerprint density at radius 1 is 1.53 bits per heavy atom. The molecule has 0 aromatic rings. The van der Waals surface area contributed by atoms with E-state index in [0.29, 0.717) is 0 Å². The third-order valence-electron chi connectivity index (χ3n) is 2.01. The van der Waals surface area contributed by atoms with Crippen molar-refractivity contribution in [1.29, 1.82) is 0 Å². The Bertz CT molecular complexity index is 248. The molecule has 0 heterocycles. The van der Waals surface area contributed by atoms with Crippen LogP contribution in [0.5, 0.6) is 0 Å². The summed E-state index contributed by atoms with van der Waals surface area (Å²) in [7, 11) is 0. The zero-order chi connectivity index (χ0) is 11.5. The van der Waals surface area contributed by atoms with E-state index in [1.165, 1.54) is 11.0 Å². The van der Waals surface area contributed by atoms with Gasteiger partial charge in [-0.15, -0.1) is 6.58 Å². The van der Waals surface area contributed by atoms with E-state index in [1.54, 1.807) is 0 Å². The van der Waals surface area contributed by atoms with Crippen molar-refractivity contribution in [2.45, 2.75) is 25.1 Å². The van der Waals surface area contributed by atoms with Crippen LogP contribution in [0, 0.1) is 0 Å². The Hall–Kier alpha value is -1.20. The summed E-state index contributed by atoms with van der Waals surface area (Å²) in [5.74, 6) is 0. The maximum Gasteiger partial charge on any atom is 0.405 e. The number of nitrogens with one attached hydrogen (secondary N) is 1. The molecule has 1 aliphatic carbocycles. The molecule has 0 aliphatic heterocycles. The molecule has 2 amide bonds. The molecule has 0 aromatic heterocycles. The zero-order valence-corrected chi connectivity index (χ0v) is 8.18. The number of carbonyl (C=O) groups excluding carboxylic acids is 1. The number of alkyl halides is 3. The van der Waals surface area contributed by atoms with E-state index in [1.807, 2.05) is 5.32 Å². The molecule has 0 saturated heterocycles. The maximum atomic E-state index is 11.8. The fourth-order valence-electron chi connectivity index (χ4n) is 1.20. The summed E-state index contributed by atoms with van der Waals surface area (Å²) in [6, 6.07) is -0.592. The maximum absolute atomic E-state index is 11.8. The molecule has 0 unspecified atom stereocenters. The van der Waals surface area contributed by atoms with Gasteiger partial charge in [-0.05, 0) is 12.8 Å². The first kappa shape index (κ1) is 11.9. The van der Waals surface area contributed by atoms with Crippen LogP contribution in [0.3, 0.4) is 0 Å². The molecule has 1 rings (SSSR count). The average molecular weight is 222 g/mol. The molecule has 15 heavy (non-hydrogen) atoms. The second-order valence-electron chi connectivity index (χ2n) is 3.45. The molecule has 1 fully saturated rings. The van der Waals surface area contributed by atoms with Gasteiger partial charge in [0.2, 0.25) is 0 Å². The molecule has 0 bridgehead atoms. The van der Waals surface area contributed by atoms with E-state index in [9.17, 15) is 18.0 Å². The van der Waals surface area contributed by atoms with Gasteiger partial charge in [-0.1, -0.05) is 6.08 Å². The van der Waals surface area contributed by atoms with Crippen LogP contribution >= 0.6 is 0 Å². The number of halogens is 3. The Balaban J connectivity index is 2.39. The minimum atomic E-state index is -4.36. The minimum Gasteiger partial charge on any atom is -0.329 e. The van der Waals surface area contributed by atoms with Gasteiger partial charge in [0.15, 0.2) is 0 Å². The van der Waals surface area contributed by atoms with Crippen LogP contribution in [-0.4, -0.2) is 36.2 Å². The van der Waals surface area contributed by atoms with E-state index in [-0.39, 0.29) is 12.6 Å². The molecule has 1 saturated carbocycles. The molecule has 6 heteroatoms. The number of rotatable bonds is 4. The summed E-state index contributed by atoms with van der Waals surface area (Å²) < 4.78 is 35.5. The minimum absolute atomic E-state index is 0.0798. The summed E-state index contributed by atoms with van der Waals surface area (Å²) in [4.78, 5) is 12.7. The lowest BCUT2D eigenvalue weighted by molar-refractivity contribution is -0.123. The van der Waals surface area contributed by atoms with Gasteiger partial charge in [0.25, 0.3) is 0 Å². The molecule has 3 nitrogen and oxygen atoms in total. The van der Waals surface area contributed by atoms with E-state index in [4.69, 9.17) is 0 Å². The number of urea groups is 1. The van der Waals surface area contributed by atoms with Crippen LogP contribution in [-0.2, 0) is 0 Å². The lowest BCUT2D eigenvalue weighted by Crippen LogP contribution is -2.44. The highest BCUT2D eigenvalue weighted by Gasteiger charge is 2.34. The SMILES string of the molecule is C=CCN(C(=O)NCC(F)(F)F)C1CC1. The second kappa shape index (κ2) is 4.55. The van der Waals surface area contributed by atoms with Gasteiger partial charge in [0, 0.05) is 12.6 Å². The molecule has 1 N–H and O–H groups in total. The highest BCUT2D eigenvalue weighted by atomic mass is 19.4. The van der Waals surface area contributed by atoms with E-state index in [2.05, 4.69) is 6.58 Å². The predicted molar refractivity (Wildman–Crippen MR) is 49.4 cm³/mol. The van der Waals surface area contributed by atoms with Crippen molar-refractivity contribution in [3.63, 3.8) is 0 Å². The average Bonchev–Trinajstić information content (AvgIpc) is 2.92. The van der Waals surface area contributed by atoms with Crippen molar-refractivity contribution in [2.75, 3.05) is 13.1 Å². The number of nitrogens with zero attached hydrogens (tertiary/aromatic N) is 1. The molecule has 0 aromatic carbocycles. The van der Waals surface area contributed by atoms with Gasteiger partial charge >= 0.3 is 12.2 Å². The lowest BCUT2D eigenvalue weighted by Gasteiger charge is -2.21. The topological polar surface area (TPSA) is 32.3 Å². The van der Waals surface area contributed by atoms with Gasteiger partial charge in [-0.2, -0.15) is 13.2 Å². The number of hydrogen-bond donors (Lipinski definition) is 1. The van der Waals surface area contributed by atoms with Crippen LogP contribution in [0.4, 0.5) is 18.0 Å². The first-order chi connectivity index (χ1) is 6.94. The largest absolute Gasteiger partial charge is 0.405 e. The second-order valence-corrected chi connectivity index (χ2v) is 3.45. The molecule has 1 aliphatic rings. The van der Waals surface area contributed by atoms with Crippen LogP contribution < -0.4 is 5.32 Å². The first-order valence-electron chi connectivity index (χ1n) is 4.66. The lowest BCUT2D eigenvalue weighted by atomic mass is 10.4. The summed E-state index contributed by atoms with van der Waals surface area (Å²) in [5, 5.41) is 1.84.